The predicted molar refractivity (Wildman–Crippen MR) is 67.4 cm³/mol. The first-order valence-corrected chi connectivity index (χ1v) is 8.45. The molecule has 0 unspecified atom stereocenters. The zero-order valence-electron chi connectivity index (χ0n) is 10.6. The molecule has 0 fully saturated rings. The summed E-state index contributed by atoms with van der Waals surface area (Å²) in [7, 11) is -9.04. The fourth-order valence-corrected chi connectivity index (χ4v) is 2.30. The van der Waals surface area contributed by atoms with Gasteiger partial charge < -0.3 is 28.7 Å². The molecule has 2 aromatic rings. The van der Waals surface area contributed by atoms with Crippen LogP contribution in [0.2, 0.25) is 0 Å². The van der Waals surface area contributed by atoms with E-state index in [9.17, 15) is 28.7 Å². The molecule has 0 amide bonds. The van der Waals surface area contributed by atoms with Crippen molar-refractivity contribution in [3.05, 3.63) is 60.7 Å². The number of benzene rings is 2. The third-order valence-electron chi connectivity index (χ3n) is 2.14. The smallest absolute Gasteiger partial charge is 0.807 e. The van der Waals surface area contributed by atoms with Crippen LogP contribution in [0.15, 0.2) is 60.7 Å². The van der Waals surface area contributed by atoms with Crippen LogP contribution in [0.1, 0.15) is 0 Å². The van der Waals surface area contributed by atoms with Gasteiger partial charge in [-0.25, -0.2) is 0 Å². The Bertz CT molecular complexity index is 565. The summed E-state index contributed by atoms with van der Waals surface area (Å²) in [5.41, 5.74) is 0. The minimum absolute atomic E-state index is 0. The minimum Gasteiger partial charge on any atom is -0.807 e. The Morgan fingerprint density at radius 1 is 0.571 bits per heavy atom. The molecule has 0 bridgehead atoms. The van der Waals surface area contributed by atoms with E-state index in [1.807, 2.05) is 0 Å². The van der Waals surface area contributed by atoms with Crippen molar-refractivity contribution < 1.29 is 70.5 Å². The van der Waals surface area contributed by atoms with E-state index >= 15 is 0 Å². The van der Waals surface area contributed by atoms with Crippen LogP contribution in [0.25, 0.3) is 0 Å². The molecule has 0 aliphatic carbocycles. The van der Waals surface area contributed by atoms with E-state index < -0.39 is 15.2 Å². The van der Waals surface area contributed by atoms with Crippen molar-refractivity contribution in [3.63, 3.8) is 0 Å². The van der Waals surface area contributed by atoms with Crippen molar-refractivity contribution in [2.45, 2.75) is 0 Å². The normalized spacial score (nSPS) is 10.9. The minimum atomic E-state index is -4.52. The molecule has 2 aromatic carbocycles. The molecule has 9 heteroatoms. The summed E-state index contributed by atoms with van der Waals surface area (Å²) >= 11 is 0. The maximum atomic E-state index is 10.3. The quantitative estimate of drug-likeness (QED) is 0.508. The summed E-state index contributed by atoms with van der Waals surface area (Å²) in [4.78, 5) is 41.2. The van der Waals surface area contributed by atoms with E-state index in [0.29, 0.717) is 0 Å². The molecule has 0 heterocycles. The van der Waals surface area contributed by atoms with E-state index in [2.05, 4.69) is 0 Å². The zero-order chi connectivity index (χ0) is 15.2. The van der Waals surface area contributed by atoms with Crippen LogP contribution in [-0.4, -0.2) is 0 Å². The van der Waals surface area contributed by atoms with Crippen molar-refractivity contribution in [1.29, 1.82) is 0 Å². The molecule has 0 aliphatic rings. The van der Waals surface area contributed by atoms with Gasteiger partial charge in [0.15, 0.2) is 0 Å². The van der Waals surface area contributed by atoms with E-state index in [1.165, 1.54) is 48.5 Å². The monoisotopic (exact) mass is 452 g/mol. The largest absolute Gasteiger partial charge is 4.00 e. The molecule has 2 rings (SSSR count). The first-order chi connectivity index (χ1) is 9.21. The first kappa shape index (κ1) is 21.1. The Balaban J connectivity index is 0.000000364. The van der Waals surface area contributed by atoms with Crippen LogP contribution in [0.3, 0.4) is 0 Å². The van der Waals surface area contributed by atoms with Crippen LogP contribution in [0.4, 0.5) is 0 Å². The van der Waals surface area contributed by atoms with E-state index in [1.54, 1.807) is 12.1 Å². The van der Waals surface area contributed by atoms with E-state index in [-0.39, 0.29) is 52.4 Å². The van der Waals surface area contributed by atoms with Gasteiger partial charge >= 0.3 is 41.7 Å². The second kappa shape index (κ2) is 9.30. The summed E-state index contributed by atoms with van der Waals surface area (Å²) in [5, 5.41) is -0.315. The van der Waals surface area contributed by atoms with Gasteiger partial charge in [-0.2, -0.15) is 0 Å². The zero-order valence-corrected chi connectivity index (χ0v) is 15.5. The van der Waals surface area contributed by atoms with Gasteiger partial charge in [-0.05, 0) is 25.8 Å². The van der Waals surface area contributed by atoms with Crippen LogP contribution >= 0.6 is 15.2 Å². The standard InChI is InChI=1S/2C6H7O3P.Ce/c2*7-10(8,9)6-4-2-1-3-5-6;/h2*1-5H,(H2,7,8,9);/q;;+4/p-4. The Hall–Kier alpha value is 0.117. The fraction of sp³-hybridized carbons (Fsp3) is 0. The summed E-state index contributed by atoms with van der Waals surface area (Å²) in [6.07, 6.45) is 0. The molecule has 0 aromatic heterocycles. The van der Waals surface area contributed by atoms with E-state index in [0.717, 1.165) is 0 Å². The topological polar surface area (TPSA) is 126 Å². The molecule has 0 saturated carbocycles. The van der Waals surface area contributed by atoms with Gasteiger partial charge in [0, 0.05) is 0 Å². The second-order valence-corrected chi connectivity index (χ2v) is 6.69. The molecule has 0 aliphatic heterocycles. The van der Waals surface area contributed by atoms with Gasteiger partial charge in [-0.15, -0.1) is 0 Å². The van der Waals surface area contributed by atoms with Crippen LogP contribution in [0, 0.1) is 41.7 Å². The molecule has 0 N–H and O–H groups in total. The summed E-state index contributed by atoms with van der Waals surface area (Å²) in [5.74, 6) is 0. The maximum absolute atomic E-state index is 10.3. The Kier molecular flexibility index (Phi) is 9.35. The van der Waals surface area contributed by atoms with Crippen molar-refractivity contribution in [2.24, 2.45) is 0 Å². The third-order valence-corrected chi connectivity index (χ3v) is 4.01. The van der Waals surface area contributed by atoms with Crippen molar-refractivity contribution in [3.8, 4) is 0 Å². The molecule has 21 heavy (non-hydrogen) atoms. The Morgan fingerprint density at radius 2 is 0.810 bits per heavy atom. The Morgan fingerprint density at radius 3 is 0.952 bits per heavy atom. The van der Waals surface area contributed by atoms with Gasteiger partial charge in [0.05, 0.1) is 0 Å². The molecular weight excluding hydrogens is 442 g/mol. The van der Waals surface area contributed by atoms with Gasteiger partial charge in [0.1, 0.15) is 0 Å². The average molecular weight is 452 g/mol. The summed E-state index contributed by atoms with van der Waals surface area (Å²) < 4.78 is 20.6. The molecular formula is C12H10CeO6P2. The molecule has 6 nitrogen and oxygen atoms in total. The number of hydrogen-bond donors (Lipinski definition) is 0. The molecule has 0 saturated heterocycles. The van der Waals surface area contributed by atoms with Gasteiger partial charge in [-0.1, -0.05) is 60.7 Å². The fourth-order valence-electron chi connectivity index (χ4n) is 1.22. The van der Waals surface area contributed by atoms with Crippen LogP contribution in [0.5, 0.6) is 0 Å². The summed E-state index contributed by atoms with van der Waals surface area (Å²) in [6.45, 7) is 0. The third kappa shape index (κ3) is 8.35. The van der Waals surface area contributed by atoms with E-state index in [4.69, 9.17) is 0 Å². The van der Waals surface area contributed by atoms with Gasteiger partial charge in [0.2, 0.25) is 0 Å². The van der Waals surface area contributed by atoms with Crippen molar-refractivity contribution in [1.82, 2.24) is 0 Å². The van der Waals surface area contributed by atoms with Crippen LogP contribution < -0.4 is 30.2 Å². The van der Waals surface area contributed by atoms with Crippen LogP contribution in [-0.2, 0) is 9.13 Å². The first-order valence-electron chi connectivity index (χ1n) is 5.36. The SMILES string of the molecule is O=P([O-])([O-])c1ccccc1.O=P([O-])([O-])c1ccccc1.[Ce+4]. The predicted octanol–water partition coefficient (Wildman–Crippen LogP) is -1.55. The van der Waals surface area contributed by atoms with Crippen molar-refractivity contribution in [2.75, 3.05) is 0 Å². The maximum Gasteiger partial charge on any atom is 4.00 e. The summed E-state index contributed by atoms with van der Waals surface area (Å²) in [6, 6.07) is 14.5. The van der Waals surface area contributed by atoms with Gasteiger partial charge in [-0.3, -0.25) is 0 Å². The number of hydrogen-bond acceptors (Lipinski definition) is 6. The van der Waals surface area contributed by atoms with Crippen molar-refractivity contribution >= 4 is 25.8 Å². The van der Waals surface area contributed by atoms with Gasteiger partial charge in [0.25, 0.3) is 0 Å². The number of rotatable bonds is 2. The molecule has 0 atom stereocenters. The average Bonchev–Trinajstić information content (AvgIpc) is 2.40. The molecule has 0 spiro atoms. The second-order valence-electron chi connectivity index (χ2n) is 3.67. The Labute approximate surface area is 155 Å². The molecule has 108 valence electrons. The molecule has 0 radical (unpaired) electrons.